The topological polar surface area (TPSA) is 66.4 Å². The number of aliphatic carboxylic acids is 1. The maximum atomic E-state index is 13.1. The average molecular weight is 305 g/mol. The molecule has 1 aliphatic rings. The van der Waals surface area contributed by atoms with Crippen LogP contribution in [0.2, 0.25) is 0 Å². The predicted octanol–water partition coefficient (Wildman–Crippen LogP) is 1.79. The van der Waals surface area contributed by atoms with Gasteiger partial charge in [-0.1, -0.05) is 0 Å². The Labute approximate surface area is 116 Å². The summed E-state index contributed by atoms with van der Waals surface area (Å²) in [6.45, 7) is 0. The Bertz CT molecular complexity index is 550. The molecule has 1 saturated heterocycles. The quantitative estimate of drug-likeness (QED) is 0.836. The van der Waals surface area contributed by atoms with E-state index >= 15 is 0 Å². The maximum Gasteiger partial charge on any atom is 0.330 e. The summed E-state index contributed by atoms with van der Waals surface area (Å²) in [5.74, 6) is -6.11. The molecule has 108 valence electrons. The van der Waals surface area contributed by atoms with Gasteiger partial charge in [0, 0.05) is 11.3 Å². The van der Waals surface area contributed by atoms with Crippen LogP contribution in [0, 0.1) is 17.5 Å². The number of carboxylic acids is 1. The van der Waals surface area contributed by atoms with E-state index in [-0.39, 0.29) is 12.2 Å². The van der Waals surface area contributed by atoms with Gasteiger partial charge in [-0.25, -0.2) is 18.0 Å². The first kappa shape index (κ1) is 14.7. The first-order chi connectivity index (χ1) is 9.35. The van der Waals surface area contributed by atoms with Crippen molar-refractivity contribution < 1.29 is 27.9 Å². The Hall–Kier alpha value is -1.70. The lowest BCUT2D eigenvalue weighted by Crippen LogP contribution is -2.54. The summed E-state index contributed by atoms with van der Waals surface area (Å²) in [6.07, 6.45) is 0.213. The summed E-state index contributed by atoms with van der Waals surface area (Å²) in [4.78, 5) is 23.1. The first-order valence-corrected chi connectivity index (χ1v) is 6.79. The number of carbonyl (C=O) groups is 2. The molecule has 1 fully saturated rings. The van der Waals surface area contributed by atoms with Crippen LogP contribution >= 0.6 is 11.8 Å². The molecule has 0 aromatic heterocycles. The number of hydrogen-bond acceptors (Lipinski definition) is 3. The maximum absolute atomic E-state index is 13.1. The van der Waals surface area contributed by atoms with Gasteiger partial charge in [0.1, 0.15) is 5.54 Å². The lowest BCUT2D eigenvalue weighted by molar-refractivity contribution is -0.143. The fourth-order valence-corrected chi connectivity index (χ4v) is 3.19. The van der Waals surface area contributed by atoms with Crippen LogP contribution in [0.3, 0.4) is 0 Å². The van der Waals surface area contributed by atoms with Gasteiger partial charge in [-0.05, 0) is 24.3 Å². The Balaban J connectivity index is 2.26. The monoisotopic (exact) mass is 305 g/mol. The Kier molecular flexibility index (Phi) is 3.94. The highest BCUT2D eigenvalue weighted by atomic mass is 32.2. The van der Waals surface area contributed by atoms with E-state index in [1.54, 1.807) is 0 Å². The van der Waals surface area contributed by atoms with Crippen LogP contribution in [0.4, 0.5) is 13.2 Å². The van der Waals surface area contributed by atoms with E-state index in [1.165, 1.54) is 11.8 Å². The fourth-order valence-electron chi connectivity index (χ4n) is 1.86. The van der Waals surface area contributed by atoms with Crippen molar-refractivity contribution in [3.8, 4) is 0 Å². The van der Waals surface area contributed by atoms with Gasteiger partial charge in [0.2, 0.25) is 0 Å². The van der Waals surface area contributed by atoms with Crippen molar-refractivity contribution in [2.45, 2.75) is 12.0 Å². The number of nitrogens with one attached hydrogen (secondary N) is 1. The Morgan fingerprint density at radius 1 is 1.25 bits per heavy atom. The van der Waals surface area contributed by atoms with Crippen molar-refractivity contribution in [3.63, 3.8) is 0 Å². The molecule has 20 heavy (non-hydrogen) atoms. The number of benzene rings is 1. The Morgan fingerprint density at radius 2 is 1.85 bits per heavy atom. The zero-order valence-electron chi connectivity index (χ0n) is 10.1. The van der Waals surface area contributed by atoms with Crippen molar-refractivity contribution in [3.05, 3.63) is 35.1 Å². The van der Waals surface area contributed by atoms with E-state index in [1.807, 2.05) is 0 Å². The fraction of sp³-hybridized carbons (Fsp3) is 0.333. The number of halogens is 3. The van der Waals surface area contributed by atoms with Gasteiger partial charge in [0.25, 0.3) is 5.91 Å². The van der Waals surface area contributed by atoms with Gasteiger partial charge in [-0.15, -0.1) is 0 Å². The van der Waals surface area contributed by atoms with Crippen LogP contribution < -0.4 is 5.32 Å². The van der Waals surface area contributed by atoms with Gasteiger partial charge in [-0.2, -0.15) is 11.8 Å². The summed E-state index contributed by atoms with van der Waals surface area (Å²) in [6, 6.07) is 1.07. The van der Waals surface area contributed by atoms with Crippen LogP contribution in [0.15, 0.2) is 12.1 Å². The van der Waals surface area contributed by atoms with E-state index in [0.717, 1.165) is 0 Å². The van der Waals surface area contributed by atoms with Crippen molar-refractivity contribution in [1.29, 1.82) is 0 Å². The largest absolute Gasteiger partial charge is 0.479 e. The van der Waals surface area contributed by atoms with Crippen molar-refractivity contribution in [2.75, 3.05) is 11.5 Å². The molecule has 0 aliphatic carbocycles. The lowest BCUT2D eigenvalue weighted by atomic mass is 9.98. The highest BCUT2D eigenvalue weighted by molar-refractivity contribution is 7.99. The normalized spacial score (nSPS) is 21.8. The summed E-state index contributed by atoms with van der Waals surface area (Å²) in [5, 5.41) is 11.4. The number of carboxylic acid groups (broad SMARTS) is 1. The molecule has 2 N–H and O–H groups in total. The summed E-state index contributed by atoms with van der Waals surface area (Å²) in [7, 11) is 0. The third-order valence-electron chi connectivity index (χ3n) is 3.03. The first-order valence-electron chi connectivity index (χ1n) is 5.64. The minimum Gasteiger partial charge on any atom is -0.479 e. The third kappa shape index (κ3) is 2.60. The molecule has 1 aliphatic heterocycles. The van der Waals surface area contributed by atoms with Gasteiger partial charge in [-0.3, -0.25) is 4.79 Å². The lowest BCUT2D eigenvalue weighted by Gasteiger charge is -2.24. The number of rotatable bonds is 3. The Morgan fingerprint density at radius 3 is 2.30 bits per heavy atom. The number of thioether (sulfide) groups is 1. The highest BCUT2D eigenvalue weighted by Crippen LogP contribution is 2.28. The zero-order chi connectivity index (χ0) is 14.9. The summed E-state index contributed by atoms with van der Waals surface area (Å²) in [5.41, 5.74) is -1.91. The molecule has 1 aromatic carbocycles. The molecule has 1 unspecified atom stereocenters. The molecule has 1 aromatic rings. The molecule has 0 saturated carbocycles. The van der Waals surface area contributed by atoms with Crippen LogP contribution in [0.25, 0.3) is 0 Å². The molecular formula is C12H10F3NO3S. The van der Waals surface area contributed by atoms with Gasteiger partial charge in [0.05, 0.1) is 0 Å². The second-order valence-corrected chi connectivity index (χ2v) is 5.50. The number of carbonyl (C=O) groups excluding carboxylic acids is 1. The third-order valence-corrected chi connectivity index (χ3v) is 4.22. The molecule has 1 atom stereocenters. The molecule has 1 amide bonds. The van der Waals surface area contributed by atoms with Gasteiger partial charge >= 0.3 is 5.97 Å². The van der Waals surface area contributed by atoms with E-state index in [0.29, 0.717) is 17.9 Å². The minimum atomic E-state index is -1.68. The molecule has 2 rings (SSSR count). The molecule has 0 bridgehead atoms. The van der Waals surface area contributed by atoms with Crippen molar-refractivity contribution in [2.24, 2.45) is 0 Å². The van der Waals surface area contributed by atoms with Crippen LogP contribution in [0.5, 0.6) is 0 Å². The second kappa shape index (κ2) is 5.35. The van der Waals surface area contributed by atoms with Gasteiger partial charge < -0.3 is 10.4 Å². The van der Waals surface area contributed by atoms with Crippen LogP contribution in [0.1, 0.15) is 16.8 Å². The van der Waals surface area contributed by atoms with Gasteiger partial charge in [0.15, 0.2) is 17.5 Å². The molecule has 4 nitrogen and oxygen atoms in total. The van der Waals surface area contributed by atoms with Crippen LogP contribution in [-0.4, -0.2) is 34.0 Å². The standard InChI is InChI=1S/C12H10F3NO3S/c13-7-3-6(4-8(14)9(7)15)10(17)16-12(11(18)19)1-2-20-5-12/h3-4H,1-2,5H2,(H,16,17)(H,18,19). The second-order valence-electron chi connectivity index (χ2n) is 4.40. The van der Waals surface area contributed by atoms with Crippen molar-refractivity contribution in [1.82, 2.24) is 5.32 Å². The SMILES string of the molecule is O=C(NC1(C(=O)O)CCSC1)c1cc(F)c(F)c(F)c1. The predicted molar refractivity (Wildman–Crippen MR) is 66.1 cm³/mol. The van der Waals surface area contributed by atoms with E-state index in [4.69, 9.17) is 0 Å². The minimum absolute atomic E-state index is 0.167. The molecule has 0 spiro atoms. The van der Waals surface area contributed by atoms with E-state index < -0.39 is 40.4 Å². The average Bonchev–Trinajstić information content (AvgIpc) is 2.85. The number of hydrogen-bond donors (Lipinski definition) is 2. The molecule has 1 heterocycles. The van der Waals surface area contributed by atoms with Crippen molar-refractivity contribution >= 4 is 23.6 Å². The number of amides is 1. The van der Waals surface area contributed by atoms with Crippen LogP contribution in [-0.2, 0) is 4.79 Å². The smallest absolute Gasteiger partial charge is 0.330 e. The van der Waals surface area contributed by atoms with E-state index in [2.05, 4.69) is 5.32 Å². The summed E-state index contributed by atoms with van der Waals surface area (Å²) >= 11 is 1.35. The molecular weight excluding hydrogens is 295 g/mol. The zero-order valence-corrected chi connectivity index (χ0v) is 10.9. The molecule has 0 radical (unpaired) electrons. The van der Waals surface area contributed by atoms with E-state index in [9.17, 15) is 27.9 Å². The highest BCUT2D eigenvalue weighted by Gasteiger charge is 2.43. The summed E-state index contributed by atoms with van der Waals surface area (Å²) < 4.78 is 38.9. The molecule has 8 heteroatoms.